The van der Waals surface area contributed by atoms with Crippen molar-refractivity contribution < 1.29 is 28.9 Å². The lowest BCUT2D eigenvalue weighted by Crippen LogP contribution is -2.55. The van der Waals surface area contributed by atoms with E-state index in [0.29, 0.717) is 32.1 Å². The van der Waals surface area contributed by atoms with Crippen LogP contribution in [0.15, 0.2) is 30.9 Å². The van der Waals surface area contributed by atoms with Crippen LogP contribution >= 0.6 is 0 Å². The van der Waals surface area contributed by atoms with Crippen molar-refractivity contribution in [1.29, 1.82) is 0 Å². The van der Waals surface area contributed by atoms with E-state index in [1.165, 1.54) is 32.5 Å². The number of esters is 1. The van der Waals surface area contributed by atoms with E-state index in [1.807, 2.05) is 0 Å². The Kier molecular flexibility index (Phi) is 10.9. The molecule has 0 radical (unpaired) electrons. The minimum absolute atomic E-state index is 0.233. The second-order valence-electron chi connectivity index (χ2n) is 8.90. The third kappa shape index (κ3) is 8.63. The maximum atomic E-state index is 13.0. The summed E-state index contributed by atoms with van der Waals surface area (Å²) >= 11 is 0. The molecule has 180 valence electrons. The van der Waals surface area contributed by atoms with E-state index in [9.17, 15) is 24.2 Å². The number of hydrogen-bond acceptors (Lipinski definition) is 7. The van der Waals surface area contributed by atoms with E-state index in [4.69, 9.17) is 4.74 Å². The molecule has 1 heterocycles. The number of unbranched alkanes of at least 4 members (excludes halogenated alkanes) is 3. The number of aromatic nitrogens is 2. The first-order valence-electron chi connectivity index (χ1n) is 10.8. The third-order valence-electron chi connectivity index (χ3n) is 5.35. The molecule has 1 aromatic heterocycles. The van der Waals surface area contributed by atoms with Crippen LogP contribution in [0.25, 0.3) is 0 Å². The highest BCUT2D eigenvalue weighted by molar-refractivity contribution is 5.91. The van der Waals surface area contributed by atoms with Gasteiger partial charge in [0.05, 0.1) is 20.4 Å². The fraction of sp³-hybridized carbons (Fsp3) is 0.652. The van der Waals surface area contributed by atoms with Gasteiger partial charge in [-0.25, -0.2) is 14.8 Å². The van der Waals surface area contributed by atoms with Crippen molar-refractivity contribution in [3.63, 3.8) is 0 Å². The molecule has 2 atom stereocenters. The maximum absolute atomic E-state index is 13.0. The van der Waals surface area contributed by atoms with Gasteiger partial charge in [-0.05, 0) is 37.8 Å². The Hall–Kier alpha value is -2.39. The molecule has 0 aromatic carbocycles. The molecular formula is C23H36FN3O5. The van der Waals surface area contributed by atoms with Crippen molar-refractivity contribution in [3.8, 4) is 0 Å². The highest BCUT2D eigenvalue weighted by Crippen LogP contribution is 2.25. The number of aliphatic hydroxyl groups is 2. The van der Waals surface area contributed by atoms with Gasteiger partial charge in [0.25, 0.3) is 0 Å². The van der Waals surface area contributed by atoms with Crippen LogP contribution in [-0.2, 0) is 20.7 Å². The van der Waals surface area contributed by atoms with Crippen LogP contribution in [0.3, 0.4) is 0 Å². The van der Waals surface area contributed by atoms with E-state index in [1.54, 1.807) is 26.2 Å². The van der Waals surface area contributed by atoms with Crippen LogP contribution in [0.5, 0.6) is 0 Å². The van der Waals surface area contributed by atoms with Crippen LogP contribution in [0.1, 0.15) is 58.4 Å². The first-order valence-corrected chi connectivity index (χ1v) is 10.8. The fourth-order valence-corrected chi connectivity index (χ4v) is 3.21. The summed E-state index contributed by atoms with van der Waals surface area (Å²) in [6.45, 7) is 4.00. The molecule has 0 spiro atoms. The maximum Gasteiger partial charge on any atom is 0.335 e. The number of halogens is 1. The lowest BCUT2D eigenvalue weighted by Gasteiger charge is -2.32. The molecule has 0 saturated carbocycles. The summed E-state index contributed by atoms with van der Waals surface area (Å²) < 4.78 is 17.1. The van der Waals surface area contributed by atoms with E-state index in [-0.39, 0.29) is 13.1 Å². The van der Waals surface area contributed by atoms with Gasteiger partial charge < -0.3 is 20.3 Å². The largest absolute Gasteiger partial charge is 0.467 e. The quantitative estimate of drug-likeness (QED) is 0.224. The van der Waals surface area contributed by atoms with E-state index in [0.717, 1.165) is 5.56 Å². The lowest BCUT2D eigenvalue weighted by molar-refractivity contribution is -0.149. The highest BCUT2D eigenvalue weighted by atomic mass is 19.1. The highest BCUT2D eigenvalue weighted by Gasteiger charge is 2.39. The predicted octanol–water partition coefficient (Wildman–Crippen LogP) is 2.29. The smallest absolute Gasteiger partial charge is 0.335 e. The Balaban J connectivity index is 2.96. The molecule has 0 aliphatic rings. The first kappa shape index (κ1) is 27.6. The molecular weight excluding hydrogens is 417 g/mol. The molecule has 3 N–H and O–H groups in total. The molecule has 1 amide bonds. The molecule has 1 unspecified atom stereocenters. The lowest BCUT2D eigenvalue weighted by atomic mass is 9.84. The summed E-state index contributed by atoms with van der Waals surface area (Å²) in [6, 6.07) is 0. The van der Waals surface area contributed by atoms with E-state index >= 15 is 0 Å². The summed E-state index contributed by atoms with van der Waals surface area (Å²) in [6.07, 6.45) is 10.3. The number of methoxy groups -OCH3 is 1. The Morgan fingerprint density at radius 2 is 1.75 bits per heavy atom. The zero-order valence-electron chi connectivity index (χ0n) is 19.4. The van der Waals surface area contributed by atoms with E-state index < -0.39 is 35.0 Å². The number of hydrogen-bond donors (Lipinski definition) is 3. The Morgan fingerprint density at radius 3 is 2.31 bits per heavy atom. The summed E-state index contributed by atoms with van der Waals surface area (Å²) in [7, 11) is 1.20. The number of aliphatic hydroxyl groups excluding tert-OH is 1. The SMILES string of the molecule is COC(=O)[C@](C)(/C=C/C(O)(CO)CCCCCCF)NC(=O)C(C)(C)Cc1cncnc1. The van der Waals surface area contributed by atoms with Gasteiger partial charge in [-0.15, -0.1) is 0 Å². The van der Waals surface area contributed by atoms with Crippen molar-refractivity contribution in [3.05, 3.63) is 36.4 Å². The van der Waals surface area contributed by atoms with Crippen LogP contribution in [0.4, 0.5) is 4.39 Å². The molecule has 1 aromatic rings. The number of ether oxygens (including phenoxy) is 1. The monoisotopic (exact) mass is 453 g/mol. The Bertz CT molecular complexity index is 759. The number of amides is 1. The average Bonchev–Trinajstić information content (AvgIpc) is 2.77. The summed E-state index contributed by atoms with van der Waals surface area (Å²) in [5.74, 6) is -1.12. The van der Waals surface area contributed by atoms with Crippen molar-refractivity contribution in [2.75, 3.05) is 20.4 Å². The number of carbonyl (C=O) groups is 2. The zero-order chi connectivity index (χ0) is 24.3. The van der Waals surface area contributed by atoms with Gasteiger partial charge in [-0.1, -0.05) is 39.2 Å². The van der Waals surface area contributed by atoms with Crippen LogP contribution < -0.4 is 5.32 Å². The summed E-state index contributed by atoms with van der Waals surface area (Å²) in [5, 5.41) is 23.1. The molecule has 8 nitrogen and oxygen atoms in total. The van der Waals surface area contributed by atoms with E-state index in [2.05, 4.69) is 15.3 Å². The van der Waals surface area contributed by atoms with Gasteiger partial charge in [0, 0.05) is 17.8 Å². The zero-order valence-corrected chi connectivity index (χ0v) is 19.4. The second kappa shape index (κ2) is 12.6. The Labute approximate surface area is 189 Å². The van der Waals surface area contributed by atoms with Gasteiger partial charge in [0.15, 0.2) is 5.54 Å². The van der Waals surface area contributed by atoms with Crippen molar-refractivity contribution in [1.82, 2.24) is 15.3 Å². The minimum Gasteiger partial charge on any atom is -0.467 e. The molecule has 9 heteroatoms. The van der Waals surface area contributed by atoms with Gasteiger partial charge >= 0.3 is 5.97 Å². The van der Waals surface area contributed by atoms with Crippen LogP contribution in [-0.4, -0.2) is 63.6 Å². The first-order chi connectivity index (χ1) is 15.0. The number of rotatable bonds is 14. The molecule has 0 bridgehead atoms. The third-order valence-corrected chi connectivity index (χ3v) is 5.35. The van der Waals surface area contributed by atoms with Gasteiger partial charge in [0.1, 0.15) is 11.9 Å². The second-order valence-corrected chi connectivity index (χ2v) is 8.90. The Morgan fingerprint density at radius 1 is 1.12 bits per heavy atom. The van der Waals surface area contributed by atoms with Crippen molar-refractivity contribution in [2.45, 2.75) is 70.4 Å². The van der Waals surface area contributed by atoms with Crippen LogP contribution in [0, 0.1) is 5.41 Å². The molecule has 0 saturated heterocycles. The molecule has 32 heavy (non-hydrogen) atoms. The average molecular weight is 454 g/mol. The molecule has 0 fully saturated rings. The fourth-order valence-electron chi connectivity index (χ4n) is 3.21. The van der Waals surface area contributed by atoms with Crippen molar-refractivity contribution in [2.24, 2.45) is 5.41 Å². The number of alkyl halides is 1. The molecule has 1 rings (SSSR count). The normalized spacial score (nSPS) is 15.7. The number of carbonyl (C=O) groups excluding carboxylic acids is 2. The molecule has 0 aliphatic carbocycles. The van der Waals surface area contributed by atoms with Crippen LogP contribution in [0.2, 0.25) is 0 Å². The standard InChI is InChI=1S/C23H36FN3O5/c1-21(2,13-18-14-25-17-26-15-18)19(29)27-22(3,20(30)32-4)10-11-23(31,16-28)9-7-5-6-8-12-24/h10-11,14-15,17,28,31H,5-9,12-13,16H2,1-4H3,(H,27,29)/b11-10+/t22-,23?/m0/s1. The molecule has 0 aliphatic heterocycles. The van der Waals surface area contributed by atoms with Gasteiger partial charge in [0.2, 0.25) is 5.91 Å². The summed E-state index contributed by atoms with van der Waals surface area (Å²) in [5.41, 5.74) is -3.26. The predicted molar refractivity (Wildman–Crippen MR) is 118 cm³/mol. The number of nitrogens with one attached hydrogen (secondary N) is 1. The van der Waals surface area contributed by atoms with Gasteiger partial charge in [-0.3, -0.25) is 9.18 Å². The summed E-state index contributed by atoms with van der Waals surface area (Å²) in [4.78, 5) is 33.4. The number of nitrogens with zero attached hydrogens (tertiary/aromatic N) is 2. The van der Waals surface area contributed by atoms with Crippen molar-refractivity contribution >= 4 is 11.9 Å². The van der Waals surface area contributed by atoms with Gasteiger partial charge in [-0.2, -0.15) is 0 Å². The minimum atomic E-state index is -1.58. The topological polar surface area (TPSA) is 122 Å².